The Morgan fingerprint density at radius 2 is 2.35 bits per heavy atom. The maximum absolute atomic E-state index is 5.30. The summed E-state index contributed by atoms with van der Waals surface area (Å²) in [5.74, 6) is 3.04. The van der Waals surface area contributed by atoms with Crippen molar-refractivity contribution in [3.05, 3.63) is 36.8 Å². The molecule has 112 valence electrons. The van der Waals surface area contributed by atoms with Crippen molar-refractivity contribution < 1.29 is 4.42 Å². The number of thioether (sulfide) groups is 1. The van der Waals surface area contributed by atoms with Crippen LogP contribution in [0.5, 0.6) is 0 Å². The van der Waals surface area contributed by atoms with E-state index in [0.717, 1.165) is 44.2 Å². The van der Waals surface area contributed by atoms with Gasteiger partial charge in [-0.25, -0.2) is 0 Å². The highest BCUT2D eigenvalue weighted by Gasteiger charge is 1.99. The zero-order chi connectivity index (χ0) is 14.5. The zero-order valence-electron chi connectivity index (χ0n) is 12.2. The van der Waals surface area contributed by atoms with Crippen molar-refractivity contribution in [2.24, 2.45) is 4.99 Å². The summed E-state index contributed by atoms with van der Waals surface area (Å²) in [4.78, 5) is 4.56. The molecule has 1 rings (SSSR count). The predicted octanol–water partition coefficient (Wildman–Crippen LogP) is 2.69. The Labute approximate surface area is 126 Å². The highest BCUT2D eigenvalue weighted by Crippen LogP contribution is 2.00. The third-order valence-electron chi connectivity index (χ3n) is 2.68. The molecule has 0 fully saturated rings. The first-order valence-corrected chi connectivity index (χ1v) is 8.40. The van der Waals surface area contributed by atoms with Crippen LogP contribution >= 0.6 is 11.8 Å². The molecule has 5 heteroatoms. The molecule has 20 heavy (non-hydrogen) atoms. The van der Waals surface area contributed by atoms with Gasteiger partial charge in [0.15, 0.2) is 5.96 Å². The van der Waals surface area contributed by atoms with Gasteiger partial charge in [-0.2, -0.15) is 11.8 Å². The quantitative estimate of drug-likeness (QED) is 0.301. The van der Waals surface area contributed by atoms with Gasteiger partial charge in [-0.15, -0.1) is 6.58 Å². The molecule has 0 bridgehead atoms. The van der Waals surface area contributed by atoms with Gasteiger partial charge < -0.3 is 15.1 Å². The first-order chi connectivity index (χ1) is 9.86. The van der Waals surface area contributed by atoms with E-state index in [4.69, 9.17) is 4.42 Å². The van der Waals surface area contributed by atoms with Crippen LogP contribution in [0.3, 0.4) is 0 Å². The number of rotatable bonds is 10. The predicted molar refractivity (Wildman–Crippen MR) is 88.5 cm³/mol. The van der Waals surface area contributed by atoms with Gasteiger partial charge in [0.05, 0.1) is 6.26 Å². The highest BCUT2D eigenvalue weighted by molar-refractivity contribution is 7.98. The average Bonchev–Trinajstić information content (AvgIpc) is 2.97. The summed E-state index contributed by atoms with van der Waals surface area (Å²) in [6.07, 6.45) is 8.86. The van der Waals surface area contributed by atoms with Gasteiger partial charge in [-0.3, -0.25) is 4.99 Å². The lowest BCUT2D eigenvalue weighted by Crippen LogP contribution is -2.38. The van der Waals surface area contributed by atoms with E-state index in [1.807, 2.05) is 30.0 Å². The fourth-order valence-corrected chi connectivity index (χ4v) is 2.14. The van der Waals surface area contributed by atoms with Crippen LogP contribution in [0.15, 0.2) is 40.5 Å². The SMILES string of the molecule is C=CCNC(=NCCCCSC)NCCc1ccco1. The monoisotopic (exact) mass is 295 g/mol. The Morgan fingerprint density at radius 3 is 3.05 bits per heavy atom. The number of furan rings is 1. The Hall–Kier alpha value is -1.36. The van der Waals surface area contributed by atoms with Crippen LogP contribution in [0.2, 0.25) is 0 Å². The minimum atomic E-state index is 0.720. The van der Waals surface area contributed by atoms with Crippen molar-refractivity contribution in [1.29, 1.82) is 0 Å². The molecule has 0 atom stereocenters. The lowest BCUT2D eigenvalue weighted by atomic mass is 10.3. The smallest absolute Gasteiger partial charge is 0.191 e. The van der Waals surface area contributed by atoms with E-state index in [9.17, 15) is 0 Å². The van der Waals surface area contributed by atoms with Crippen molar-refractivity contribution in [3.8, 4) is 0 Å². The number of hydrogen-bond donors (Lipinski definition) is 2. The molecule has 1 aromatic rings. The minimum Gasteiger partial charge on any atom is -0.469 e. The lowest BCUT2D eigenvalue weighted by molar-refractivity contribution is 0.507. The Kier molecular flexibility index (Phi) is 9.57. The van der Waals surface area contributed by atoms with Gasteiger partial charge >= 0.3 is 0 Å². The van der Waals surface area contributed by atoms with Crippen LogP contribution in [0, 0.1) is 0 Å². The molecule has 0 saturated heterocycles. The van der Waals surface area contributed by atoms with Crippen LogP contribution in [-0.4, -0.2) is 37.6 Å². The molecule has 0 unspecified atom stereocenters. The molecule has 0 radical (unpaired) electrons. The first kappa shape index (κ1) is 16.7. The Balaban J connectivity index is 2.26. The summed E-state index contributed by atoms with van der Waals surface area (Å²) < 4.78 is 5.30. The van der Waals surface area contributed by atoms with Crippen LogP contribution in [0.25, 0.3) is 0 Å². The standard InChI is InChI=1S/C15H25N3OS/c1-3-9-16-15(17-10-4-5-13-20-2)18-11-8-14-7-6-12-19-14/h3,6-7,12H,1,4-5,8-11,13H2,2H3,(H2,16,17,18). The van der Waals surface area contributed by atoms with Crippen LogP contribution in [0.1, 0.15) is 18.6 Å². The van der Waals surface area contributed by atoms with Gasteiger partial charge in [0, 0.05) is 26.1 Å². The largest absolute Gasteiger partial charge is 0.469 e. The van der Waals surface area contributed by atoms with Crippen LogP contribution in [-0.2, 0) is 6.42 Å². The van der Waals surface area contributed by atoms with E-state index in [2.05, 4.69) is 28.5 Å². The number of nitrogens with zero attached hydrogens (tertiary/aromatic N) is 1. The maximum atomic E-state index is 5.30. The van der Waals surface area contributed by atoms with Crippen LogP contribution < -0.4 is 10.6 Å². The molecule has 0 amide bonds. The minimum absolute atomic E-state index is 0.720. The van der Waals surface area contributed by atoms with Crippen molar-refractivity contribution in [1.82, 2.24) is 10.6 Å². The molecule has 4 nitrogen and oxygen atoms in total. The summed E-state index contributed by atoms with van der Waals surface area (Å²) in [5.41, 5.74) is 0. The third-order valence-corrected chi connectivity index (χ3v) is 3.38. The molecular formula is C15H25N3OS. The van der Waals surface area contributed by atoms with E-state index >= 15 is 0 Å². The topological polar surface area (TPSA) is 49.6 Å². The van der Waals surface area contributed by atoms with E-state index < -0.39 is 0 Å². The lowest BCUT2D eigenvalue weighted by Gasteiger charge is -2.10. The number of aliphatic imine (C=N–C) groups is 1. The number of guanidine groups is 1. The van der Waals surface area contributed by atoms with Gasteiger partial charge in [-0.05, 0) is 37.0 Å². The van der Waals surface area contributed by atoms with Crippen molar-refractivity contribution in [3.63, 3.8) is 0 Å². The molecule has 0 aromatic carbocycles. The second-order valence-electron chi connectivity index (χ2n) is 4.36. The summed E-state index contributed by atoms with van der Waals surface area (Å²) in [6.45, 7) is 6.09. The number of nitrogens with one attached hydrogen (secondary N) is 2. The fraction of sp³-hybridized carbons (Fsp3) is 0.533. The zero-order valence-corrected chi connectivity index (χ0v) is 13.0. The van der Waals surface area contributed by atoms with Gasteiger partial charge in [0.25, 0.3) is 0 Å². The van der Waals surface area contributed by atoms with Crippen molar-refractivity contribution in [2.75, 3.05) is 31.6 Å². The van der Waals surface area contributed by atoms with Crippen LogP contribution in [0.4, 0.5) is 0 Å². The molecule has 1 heterocycles. The molecule has 1 aromatic heterocycles. The summed E-state index contributed by atoms with van der Waals surface area (Å²) >= 11 is 1.88. The summed E-state index contributed by atoms with van der Waals surface area (Å²) in [5, 5.41) is 6.54. The Bertz CT molecular complexity index is 376. The molecular weight excluding hydrogens is 270 g/mol. The van der Waals surface area contributed by atoms with Gasteiger partial charge in [-0.1, -0.05) is 6.08 Å². The first-order valence-electron chi connectivity index (χ1n) is 7.01. The second-order valence-corrected chi connectivity index (χ2v) is 5.34. The van der Waals surface area contributed by atoms with E-state index in [1.165, 1.54) is 12.2 Å². The number of unbranched alkanes of at least 4 members (excludes halogenated alkanes) is 1. The van der Waals surface area contributed by atoms with Crippen molar-refractivity contribution in [2.45, 2.75) is 19.3 Å². The molecule has 2 N–H and O–H groups in total. The van der Waals surface area contributed by atoms with Gasteiger partial charge in [0.1, 0.15) is 5.76 Å². The van der Waals surface area contributed by atoms with Gasteiger partial charge in [0.2, 0.25) is 0 Å². The third kappa shape index (κ3) is 7.94. The normalized spacial score (nSPS) is 11.3. The fourth-order valence-electron chi connectivity index (χ4n) is 1.65. The van der Waals surface area contributed by atoms with E-state index in [0.29, 0.717) is 0 Å². The average molecular weight is 295 g/mol. The summed E-state index contributed by atoms with van der Waals surface area (Å²) in [6, 6.07) is 3.89. The molecule has 0 aliphatic heterocycles. The molecule has 0 aliphatic carbocycles. The second kappa shape index (κ2) is 11.5. The summed E-state index contributed by atoms with van der Waals surface area (Å²) in [7, 11) is 0. The molecule has 0 spiro atoms. The maximum Gasteiger partial charge on any atom is 0.191 e. The highest BCUT2D eigenvalue weighted by atomic mass is 32.2. The molecule has 0 saturated carbocycles. The number of hydrogen-bond acceptors (Lipinski definition) is 3. The van der Waals surface area contributed by atoms with Crippen molar-refractivity contribution >= 4 is 17.7 Å². The van der Waals surface area contributed by atoms with E-state index in [-0.39, 0.29) is 0 Å². The van der Waals surface area contributed by atoms with E-state index in [1.54, 1.807) is 6.26 Å². The molecule has 0 aliphatic rings. The Morgan fingerprint density at radius 1 is 1.45 bits per heavy atom.